The minimum atomic E-state index is -0.190. The van der Waals surface area contributed by atoms with Gasteiger partial charge in [0, 0.05) is 12.0 Å². The lowest BCUT2D eigenvalue weighted by Gasteiger charge is -2.15. The zero-order chi connectivity index (χ0) is 23.6. The maximum Gasteiger partial charge on any atom is 0.305 e. The van der Waals surface area contributed by atoms with Crippen LogP contribution in [0.3, 0.4) is 0 Å². The molecule has 0 saturated heterocycles. The lowest BCUT2D eigenvalue weighted by Crippen LogP contribution is -2.06. The van der Waals surface area contributed by atoms with E-state index < -0.39 is 0 Å². The van der Waals surface area contributed by atoms with E-state index in [1.807, 2.05) is 18.2 Å². The van der Waals surface area contributed by atoms with Crippen molar-refractivity contribution in [1.82, 2.24) is 0 Å². The maximum atomic E-state index is 11.4. The normalized spacial score (nSPS) is 10.5. The largest absolute Gasteiger partial charge is 0.494 e. The average molecular weight is 447 g/mol. The first-order valence-corrected chi connectivity index (χ1v) is 11.2. The van der Waals surface area contributed by atoms with E-state index in [2.05, 4.69) is 32.0 Å². The number of ether oxygens (including phenoxy) is 3. The van der Waals surface area contributed by atoms with Gasteiger partial charge in [-0.2, -0.15) is 0 Å². The summed E-state index contributed by atoms with van der Waals surface area (Å²) in [5.74, 6) is 1.33. The molecule has 0 N–H and O–H groups in total. The minimum Gasteiger partial charge on any atom is -0.494 e. The van der Waals surface area contributed by atoms with Gasteiger partial charge >= 0.3 is 5.97 Å². The third-order valence-electron chi connectivity index (χ3n) is 5.44. The summed E-state index contributed by atoms with van der Waals surface area (Å²) in [7, 11) is 0. The standard InChI is InChI=1S/C28H30O5/c1-4-31-28(30)9-6-16-32-25-14-15-26(20(2)17-25)27-8-5-7-23(21(27)3)19-33-24-12-10-22(18-29)11-13-24/h5,7-8,10-15,17-18H,4,6,9,16,19H2,1-3H3. The molecule has 3 rings (SSSR count). The fraction of sp³-hybridized carbons (Fsp3) is 0.286. The first-order valence-electron chi connectivity index (χ1n) is 11.2. The Balaban J connectivity index is 1.65. The summed E-state index contributed by atoms with van der Waals surface area (Å²) in [5.41, 5.74) is 6.30. The van der Waals surface area contributed by atoms with Crippen LogP contribution in [-0.4, -0.2) is 25.5 Å². The van der Waals surface area contributed by atoms with Crippen LogP contribution in [0.4, 0.5) is 0 Å². The Morgan fingerprint density at radius 1 is 0.909 bits per heavy atom. The smallest absolute Gasteiger partial charge is 0.305 e. The van der Waals surface area contributed by atoms with E-state index in [9.17, 15) is 9.59 Å². The van der Waals surface area contributed by atoms with Gasteiger partial charge in [0.15, 0.2) is 0 Å². The fourth-order valence-corrected chi connectivity index (χ4v) is 3.60. The zero-order valence-electron chi connectivity index (χ0n) is 19.4. The zero-order valence-corrected chi connectivity index (χ0v) is 19.4. The van der Waals surface area contributed by atoms with Crippen molar-refractivity contribution in [3.05, 3.63) is 82.9 Å². The highest BCUT2D eigenvalue weighted by atomic mass is 16.5. The number of carbonyl (C=O) groups excluding carboxylic acids is 2. The molecule has 0 fully saturated rings. The minimum absolute atomic E-state index is 0.190. The lowest BCUT2D eigenvalue weighted by molar-refractivity contribution is -0.143. The molecule has 0 heterocycles. The van der Waals surface area contributed by atoms with Gasteiger partial charge in [-0.1, -0.05) is 24.3 Å². The first kappa shape index (κ1) is 24.1. The lowest BCUT2D eigenvalue weighted by atomic mass is 9.94. The molecule has 0 spiro atoms. The number of benzene rings is 3. The van der Waals surface area contributed by atoms with Gasteiger partial charge < -0.3 is 14.2 Å². The van der Waals surface area contributed by atoms with E-state index >= 15 is 0 Å². The van der Waals surface area contributed by atoms with Crippen LogP contribution in [0.1, 0.15) is 46.8 Å². The van der Waals surface area contributed by atoms with Crippen LogP contribution in [0.25, 0.3) is 11.1 Å². The molecule has 0 aliphatic rings. The van der Waals surface area contributed by atoms with E-state index in [-0.39, 0.29) is 5.97 Å². The summed E-state index contributed by atoms with van der Waals surface area (Å²) in [4.78, 5) is 22.2. The molecule has 0 unspecified atom stereocenters. The van der Waals surface area contributed by atoms with E-state index in [0.717, 1.165) is 45.6 Å². The summed E-state index contributed by atoms with van der Waals surface area (Å²) in [6.45, 7) is 7.29. The van der Waals surface area contributed by atoms with Crippen LogP contribution in [-0.2, 0) is 16.1 Å². The highest BCUT2D eigenvalue weighted by Gasteiger charge is 2.10. The predicted molar refractivity (Wildman–Crippen MR) is 129 cm³/mol. The van der Waals surface area contributed by atoms with Crippen molar-refractivity contribution in [2.75, 3.05) is 13.2 Å². The maximum absolute atomic E-state index is 11.4. The first-order chi connectivity index (χ1) is 16.0. The van der Waals surface area contributed by atoms with Gasteiger partial charge in [0.25, 0.3) is 0 Å². The van der Waals surface area contributed by atoms with Crippen molar-refractivity contribution in [2.45, 2.75) is 40.2 Å². The molecule has 3 aromatic rings. The van der Waals surface area contributed by atoms with E-state index in [1.165, 1.54) is 0 Å². The molecule has 5 heteroatoms. The SMILES string of the molecule is CCOC(=O)CCCOc1ccc(-c2cccc(COc3ccc(C=O)cc3)c2C)c(C)c1. The molecule has 0 radical (unpaired) electrons. The van der Waals surface area contributed by atoms with Crippen molar-refractivity contribution < 1.29 is 23.8 Å². The van der Waals surface area contributed by atoms with Crippen molar-refractivity contribution >= 4 is 12.3 Å². The van der Waals surface area contributed by atoms with Gasteiger partial charge in [0.2, 0.25) is 0 Å². The van der Waals surface area contributed by atoms with Crippen LogP contribution < -0.4 is 9.47 Å². The van der Waals surface area contributed by atoms with Gasteiger partial charge in [0.1, 0.15) is 24.4 Å². The number of aryl methyl sites for hydroxylation is 1. The Morgan fingerprint density at radius 2 is 1.67 bits per heavy atom. The number of aldehydes is 1. The Kier molecular flexibility index (Phi) is 8.64. The van der Waals surface area contributed by atoms with Crippen LogP contribution >= 0.6 is 0 Å². The molecule has 5 nitrogen and oxygen atoms in total. The van der Waals surface area contributed by atoms with Gasteiger partial charge in [0.05, 0.1) is 13.2 Å². The van der Waals surface area contributed by atoms with E-state index in [0.29, 0.717) is 38.2 Å². The molecule has 0 saturated carbocycles. The van der Waals surface area contributed by atoms with Gasteiger partial charge in [-0.3, -0.25) is 9.59 Å². The van der Waals surface area contributed by atoms with Crippen LogP contribution in [0.15, 0.2) is 60.7 Å². The summed E-state index contributed by atoms with van der Waals surface area (Å²) in [6, 6.07) is 19.4. The van der Waals surface area contributed by atoms with Crippen LogP contribution in [0, 0.1) is 13.8 Å². The van der Waals surface area contributed by atoms with Crippen LogP contribution in [0.5, 0.6) is 11.5 Å². The second kappa shape index (κ2) is 11.9. The quantitative estimate of drug-likeness (QED) is 0.203. The summed E-state index contributed by atoms with van der Waals surface area (Å²) < 4.78 is 16.7. The van der Waals surface area contributed by atoms with E-state index in [1.54, 1.807) is 31.2 Å². The Bertz CT molecular complexity index is 1090. The van der Waals surface area contributed by atoms with Gasteiger partial charge in [-0.15, -0.1) is 0 Å². The number of esters is 1. The molecular formula is C28H30O5. The number of hydrogen-bond acceptors (Lipinski definition) is 5. The third kappa shape index (κ3) is 6.69. The monoisotopic (exact) mass is 446 g/mol. The molecule has 172 valence electrons. The second-order valence-corrected chi connectivity index (χ2v) is 7.80. The Labute approximate surface area is 195 Å². The summed E-state index contributed by atoms with van der Waals surface area (Å²) in [5, 5.41) is 0. The van der Waals surface area contributed by atoms with Crippen LogP contribution in [0.2, 0.25) is 0 Å². The molecule has 0 amide bonds. The van der Waals surface area contributed by atoms with E-state index in [4.69, 9.17) is 14.2 Å². The number of rotatable bonds is 11. The predicted octanol–water partition coefficient (Wildman–Crippen LogP) is 6.08. The van der Waals surface area contributed by atoms with Crippen molar-refractivity contribution in [2.24, 2.45) is 0 Å². The van der Waals surface area contributed by atoms with Crippen molar-refractivity contribution in [1.29, 1.82) is 0 Å². The van der Waals surface area contributed by atoms with Crippen molar-refractivity contribution in [3.63, 3.8) is 0 Å². The number of hydrogen-bond donors (Lipinski definition) is 0. The molecule has 0 atom stereocenters. The molecule has 33 heavy (non-hydrogen) atoms. The average Bonchev–Trinajstić information content (AvgIpc) is 2.82. The van der Waals surface area contributed by atoms with Gasteiger partial charge in [-0.05, 0) is 91.4 Å². The summed E-state index contributed by atoms with van der Waals surface area (Å²) in [6.07, 6.45) is 1.80. The highest BCUT2D eigenvalue weighted by Crippen LogP contribution is 2.31. The summed E-state index contributed by atoms with van der Waals surface area (Å²) >= 11 is 0. The molecule has 0 aliphatic carbocycles. The molecular weight excluding hydrogens is 416 g/mol. The second-order valence-electron chi connectivity index (χ2n) is 7.80. The Morgan fingerprint density at radius 3 is 2.36 bits per heavy atom. The van der Waals surface area contributed by atoms with Crippen molar-refractivity contribution in [3.8, 4) is 22.6 Å². The topological polar surface area (TPSA) is 61.8 Å². The van der Waals surface area contributed by atoms with Gasteiger partial charge in [-0.25, -0.2) is 0 Å². The third-order valence-corrected chi connectivity index (χ3v) is 5.44. The fourth-order valence-electron chi connectivity index (χ4n) is 3.60. The molecule has 0 aliphatic heterocycles. The Hall–Kier alpha value is -3.60. The molecule has 3 aromatic carbocycles. The number of carbonyl (C=O) groups is 2. The molecule has 0 bridgehead atoms. The highest BCUT2D eigenvalue weighted by molar-refractivity contribution is 5.75. The molecule has 0 aromatic heterocycles.